The van der Waals surface area contributed by atoms with E-state index in [9.17, 15) is 16.8 Å². The first-order valence-corrected chi connectivity index (χ1v) is 15.4. The SMILES string of the molecule is CS(=O)(=O)NC1CCCN(S(=O)(=O)CC2CCC(c3cc[nH]c4cnc5nccc5c34)CC2)C1. The van der Waals surface area contributed by atoms with E-state index in [0.717, 1.165) is 48.5 Å². The van der Waals surface area contributed by atoms with Crippen molar-refractivity contribution in [1.82, 2.24) is 24.0 Å². The van der Waals surface area contributed by atoms with Crippen LogP contribution in [-0.2, 0) is 20.0 Å². The molecule has 4 heterocycles. The van der Waals surface area contributed by atoms with Gasteiger partial charge in [-0.15, -0.1) is 0 Å². The van der Waals surface area contributed by atoms with E-state index in [4.69, 9.17) is 0 Å². The van der Waals surface area contributed by atoms with Crippen LogP contribution in [-0.4, -0.2) is 67.2 Å². The molecule has 9 nitrogen and oxygen atoms in total. The fourth-order valence-corrected chi connectivity index (χ4v) is 8.41. The minimum atomic E-state index is -3.43. The smallest absolute Gasteiger partial charge is 0.214 e. The van der Waals surface area contributed by atoms with E-state index in [-0.39, 0.29) is 24.3 Å². The van der Waals surface area contributed by atoms with Gasteiger partial charge in [-0.2, -0.15) is 0 Å². The Bertz CT molecular complexity index is 1400. The maximum atomic E-state index is 13.1. The van der Waals surface area contributed by atoms with E-state index in [1.54, 1.807) is 6.20 Å². The fraction of sp³-hybridized carbons (Fsp3) is 0.565. The molecule has 0 radical (unpaired) electrons. The van der Waals surface area contributed by atoms with Gasteiger partial charge in [0, 0.05) is 42.3 Å². The Labute approximate surface area is 200 Å². The van der Waals surface area contributed by atoms with Gasteiger partial charge in [-0.3, -0.25) is 0 Å². The van der Waals surface area contributed by atoms with Crippen LogP contribution in [0.15, 0.2) is 30.7 Å². The molecule has 1 saturated carbocycles. The summed E-state index contributed by atoms with van der Waals surface area (Å²) in [6.07, 6.45) is 11.6. The van der Waals surface area contributed by atoms with Gasteiger partial charge in [0.05, 0.1) is 23.7 Å². The van der Waals surface area contributed by atoms with Gasteiger partial charge in [0.1, 0.15) is 0 Å². The monoisotopic (exact) mass is 505 g/mol. The summed E-state index contributed by atoms with van der Waals surface area (Å²) in [6.45, 7) is 0.679. The minimum absolute atomic E-state index is 0.119. The van der Waals surface area contributed by atoms with Gasteiger partial charge in [0.25, 0.3) is 0 Å². The molecule has 0 bridgehead atoms. The zero-order valence-corrected chi connectivity index (χ0v) is 20.9. The minimum Gasteiger partial charge on any atom is -0.360 e. The van der Waals surface area contributed by atoms with Gasteiger partial charge in [0.2, 0.25) is 20.0 Å². The first-order chi connectivity index (χ1) is 16.2. The molecule has 0 spiro atoms. The Morgan fingerprint density at radius 3 is 2.65 bits per heavy atom. The first kappa shape index (κ1) is 23.7. The quantitative estimate of drug-likeness (QED) is 0.531. The van der Waals surface area contributed by atoms with Crippen molar-refractivity contribution in [3.8, 4) is 0 Å². The molecular weight excluding hydrogens is 474 g/mol. The van der Waals surface area contributed by atoms with Crippen molar-refractivity contribution in [2.24, 2.45) is 5.92 Å². The molecule has 0 amide bonds. The number of H-pyrrole nitrogens is 1. The Balaban J connectivity index is 1.26. The second-order valence-corrected chi connectivity index (χ2v) is 13.5. The highest BCUT2D eigenvalue weighted by Gasteiger charge is 2.34. The molecule has 2 N–H and O–H groups in total. The van der Waals surface area contributed by atoms with Gasteiger partial charge in [-0.05, 0) is 68.1 Å². The van der Waals surface area contributed by atoms with Gasteiger partial charge in [0.15, 0.2) is 5.65 Å². The van der Waals surface area contributed by atoms with Crippen molar-refractivity contribution in [3.63, 3.8) is 0 Å². The second-order valence-electron chi connectivity index (χ2n) is 9.75. The van der Waals surface area contributed by atoms with E-state index in [2.05, 4.69) is 25.7 Å². The average molecular weight is 506 g/mol. The highest BCUT2D eigenvalue weighted by atomic mass is 32.2. The number of nitrogens with zero attached hydrogens (tertiary/aromatic N) is 3. The molecular formula is C23H31N5O4S2. The van der Waals surface area contributed by atoms with Crippen molar-refractivity contribution in [2.45, 2.75) is 50.5 Å². The maximum Gasteiger partial charge on any atom is 0.214 e. The molecule has 2 fully saturated rings. The Kier molecular flexibility index (Phi) is 6.38. The average Bonchev–Trinajstić information content (AvgIpc) is 3.27. The number of hydrogen-bond acceptors (Lipinski definition) is 6. The molecule has 2 aliphatic rings. The highest BCUT2D eigenvalue weighted by molar-refractivity contribution is 7.89. The lowest BCUT2D eigenvalue weighted by atomic mass is 9.78. The normalized spacial score (nSPS) is 25.1. The van der Waals surface area contributed by atoms with Gasteiger partial charge < -0.3 is 4.98 Å². The third-order valence-corrected chi connectivity index (χ3v) is 9.99. The standard InChI is InChI=1S/C23H31N5O4S2/c1-33(29,30)27-18-3-2-12-28(14-18)34(31,32)15-16-4-6-17(7-5-16)19-8-10-24-21-13-26-23-20(22(19)21)9-11-25-23/h8-11,13,16-18,24,27H,2-7,12,14-15H2,1H3. The third kappa shape index (κ3) is 4.98. The lowest BCUT2D eigenvalue weighted by Crippen LogP contribution is -2.50. The molecule has 5 rings (SSSR count). The fourth-order valence-electron chi connectivity index (χ4n) is 5.66. The predicted molar refractivity (Wildman–Crippen MR) is 132 cm³/mol. The Morgan fingerprint density at radius 2 is 1.88 bits per heavy atom. The van der Waals surface area contributed by atoms with Crippen molar-refractivity contribution in [3.05, 3.63) is 36.3 Å². The van der Waals surface area contributed by atoms with E-state index >= 15 is 0 Å². The van der Waals surface area contributed by atoms with Crippen molar-refractivity contribution < 1.29 is 16.8 Å². The van der Waals surface area contributed by atoms with E-state index in [1.807, 2.05) is 18.5 Å². The van der Waals surface area contributed by atoms with Crippen LogP contribution in [0.1, 0.15) is 50.0 Å². The number of aromatic amines is 1. The van der Waals surface area contributed by atoms with E-state index in [1.165, 1.54) is 15.3 Å². The molecule has 3 aromatic heterocycles. The first-order valence-electron chi connectivity index (χ1n) is 11.9. The molecule has 184 valence electrons. The highest BCUT2D eigenvalue weighted by Crippen LogP contribution is 2.40. The summed E-state index contributed by atoms with van der Waals surface area (Å²) < 4.78 is 53.5. The van der Waals surface area contributed by atoms with Crippen LogP contribution in [0.25, 0.3) is 21.9 Å². The zero-order valence-electron chi connectivity index (χ0n) is 19.3. The molecule has 1 unspecified atom stereocenters. The topological polar surface area (TPSA) is 125 Å². The van der Waals surface area contributed by atoms with Crippen LogP contribution in [0.2, 0.25) is 0 Å². The number of rotatable bonds is 6. The van der Waals surface area contributed by atoms with Crippen molar-refractivity contribution in [1.29, 1.82) is 0 Å². The summed E-state index contributed by atoms with van der Waals surface area (Å²) in [7, 11) is -6.79. The van der Waals surface area contributed by atoms with Crippen molar-refractivity contribution in [2.75, 3.05) is 25.1 Å². The van der Waals surface area contributed by atoms with E-state index < -0.39 is 20.0 Å². The van der Waals surface area contributed by atoms with Crippen LogP contribution >= 0.6 is 0 Å². The summed E-state index contributed by atoms with van der Waals surface area (Å²) in [5.74, 6) is 0.624. The molecule has 1 aliphatic carbocycles. The molecule has 34 heavy (non-hydrogen) atoms. The maximum absolute atomic E-state index is 13.1. The summed E-state index contributed by atoms with van der Waals surface area (Å²) in [5, 5.41) is 2.22. The largest absolute Gasteiger partial charge is 0.360 e. The Hall–Kier alpha value is -2.08. The number of sulfonamides is 2. The summed E-state index contributed by atoms with van der Waals surface area (Å²) in [5.41, 5.74) is 3.02. The van der Waals surface area contributed by atoms with Gasteiger partial charge in [-0.25, -0.2) is 35.8 Å². The van der Waals surface area contributed by atoms with E-state index in [0.29, 0.717) is 25.3 Å². The number of pyridine rings is 2. The van der Waals surface area contributed by atoms with Crippen LogP contribution in [0.3, 0.4) is 0 Å². The van der Waals surface area contributed by atoms with Crippen LogP contribution in [0.5, 0.6) is 0 Å². The lowest BCUT2D eigenvalue weighted by molar-refractivity contribution is 0.295. The molecule has 3 aromatic rings. The lowest BCUT2D eigenvalue weighted by Gasteiger charge is -2.34. The van der Waals surface area contributed by atoms with Gasteiger partial charge >= 0.3 is 0 Å². The molecule has 0 aromatic carbocycles. The van der Waals surface area contributed by atoms with Crippen LogP contribution in [0, 0.1) is 5.92 Å². The summed E-state index contributed by atoms with van der Waals surface area (Å²) >= 11 is 0. The van der Waals surface area contributed by atoms with Gasteiger partial charge in [-0.1, -0.05) is 0 Å². The summed E-state index contributed by atoms with van der Waals surface area (Å²) in [4.78, 5) is 12.1. The summed E-state index contributed by atoms with van der Waals surface area (Å²) in [6, 6.07) is 3.79. The Morgan fingerprint density at radius 1 is 1.09 bits per heavy atom. The second kappa shape index (κ2) is 9.18. The molecule has 1 saturated heterocycles. The predicted octanol–water partition coefficient (Wildman–Crippen LogP) is 2.73. The van der Waals surface area contributed by atoms with Crippen LogP contribution in [0.4, 0.5) is 0 Å². The number of piperidine rings is 1. The molecule has 1 atom stereocenters. The molecule has 11 heteroatoms. The van der Waals surface area contributed by atoms with Crippen molar-refractivity contribution >= 4 is 42.0 Å². The number of fused-ring (bicyclic) bond motifs is 3. The zero-order chi connectivity index (χ0) is 23.9. The number of hydrogen-bond donors (Lipinski definition) is 2. The number of nitrogens with one attached hydrogen (secondary N) is 2. The van der Waals surface area contributed by atoms with Crippen LogP contribution < -0.4 is 4.72 Å². The third-order valence-electron chi connectivity index (χ3n) is 7.22. The molecule has 1 aliphatic heterocycles. The number of aromatic nitrogens is 3.